The molecule has 0 bridgehead atoms. The molecular weight excluding hydrogens is 443 g/mol. The Hall–Kier alpha value is -2.88. The summed E-state index contributed by atoms with van der Waals surface area (Å²) < 4.78 is 39.9. The second-order valence-electron chi connectivity index (χ2n) is 8.39. The van der Waals surface area contributed by atoms with Crippen LogP contribution < -0.4 is 5.32 Å². The second-order valence-corrected chi connectivity index (χ2v) is 10.5. The molecule has 0 spiro atoms. The number of hydrogen-bond donors (Lipinski definition) is 1. The number of nitrogens with zero attached hydrogens (tertiary/aromatic N) is 3. The number of anilines is 1. The lowest BCUT2D eigenvalue weighted by Crippen LogP contribution is -2.46. The zero-order valence-corrected chi connectivity index (χ0v) is 19.5. The number of para-hydroxylation sites is 1. The van der Waals surface area contributed by atoms with Crippen LogP contribution in [0.3, 0.4) is 0 Å². The largest absolute Gasteiger partial charge is 0.323 e. The summed E-state index contributed by atoms with van der Waals surface area (Å²) >= 11 is 0. The lowest BCUT2D eigenvalue weighted by molar-refractivity contribution is -0.122. The minimum Gasteiger partial charge on any atom is -0.323 e. The summed E-state index contributed by atoms with van der Waals surface area (Å²) in [6.45, 7) is 1.21. The molecule has 0 saturated carbocycles. The fraction of sp³-hybridized carbons (Fsp3) is 0.333. The van der Waals surface area contributed by atoms with Gasteiger partial charge in [0, 0.05) is 26.0 Å². The van der Waals surface area contributed by atoms with Gasteiger partial charge in [-0.3, -0.25) is 14.7 Å². The van der Waals surface area contributed by atoms with E-state index in [4.69, 9.17) is 0 Å². The zero-order valence-electron chi connectivity index (χ0n) is 18.7. The molecule has 1 amide bonds. The molecule has 9 heteroatoms. The number of carbonyl (C=O) groups is 1. The fourth-order valence-electron chi connectivity index (χ4n) is 4.12. The predicted octanol–water partition coefficient (Wildman–Crippen LogP) is 3.62. The van der Waals surface area contributed by atoms with Crippen molar-refractivity contribution in [3.05, 3.63) is 66.1 Å². The summed E-state index contributed by atoms with van der Waals surface area (Å²) in [4.78, 5) is 20.0. The van der Waals surface area contributed by atoms with Crippen LogP contribution in [0.1, 0.15) is 25.0 Å². The van der Waals surface area contributed by atoms with E-state index in [0.29, 0.717) is 18.5 Å². The van der Waals surface area contributed by atoms with Gasteiger partial charge < -0.3 is 5.32 Å². The highest BCUT2D eigenvalue weighted by Gasteiger charge is 2.30. The van der Waals surface area contributed by atoms with E-state index in [0.717, 1.165) is 34.8 Å². The maximum absolute atomic E-state index is 13.5. The summed E-state index contributed by atoms with van der Waals surface area (Å²) in [5.74, 6) is -0.541. The fourth-order valence-corrected chi connectivity index (χ4v) is 5.16. The number of sulfonamides is 1. The number of amides is 1. The lowest BCUT2D eigenvalue weighted by atomic mass is 10.0. The summed E-state index contributed by atoms with van der Waals surface area (Å²) in [6.07, 6.45) is 2.55. The number of carbonyl (C=O) groups excluding carboxylic acids is 1. The average Bonchev–Trinajstić information content (AvgIpc) is 2.79. The molecular formula is C24H27FN4O3S. The number of hydrogen-bond acceptors (Lipinski definition) is 5. The molecule has 1 aliphatic heterocycles. The van der Waals surface area contributed by atoms with Gasteiger partial charge in [0.2, 0.25) is 15.9 Å². The Morgan fingerprint density at radius 3 is 2.73 bits per heavy atom. The van der Waals surface area contributed by atoms with E-state index in [1.807, 2.05) is 12.1 Å². The van der Waals surface area contributed by atoms with Crippen LogP contribution in [0.2, 0.25) is 0 Å². The molecule has 1 unspecified atom stereocenters. The summed E-state index contributed by atoms with van der Waals surface area (Å²) in [5.41, 5.74) is 1.77. The third kappa shape index (κ3) is 5.05. The number of pyridine rings is 1. The van der Waals surface area contributed by atoms with E-state index in [-0.39, 0.29) is 22.3 Å². The molecule has 1 fully saturated rings. The number of benzene rings is 2. The molecule has 1 saturated heterocycles. The Balaban J connectivity index is 1.55. The van der Waals surface area contributed by atoms with Crippen LogP contribution in [0.5, 0.6) is 0 Å². The highest BCUT2D eigenvalue weighted by Crippen LogP contribution is 2.26. The Kier molecular flexibility index (Phi) is 6.73. The van der Waals surface area contributed by atoms with E-state index in [9.17, 15) is 17.6 Å². The second kappa shape index (κ2) is 9.54. The van der Waals surface area contributed by atoms with Crippen molar-refractivity contribution in [1.82, 2.24) is 14.2 Å². The predicted molar refractivity (Wildman–Crippen MR) is 126 cm³/mol. The van der Waals surface area contributed by atoms with Crippen molar-refractivity contribution in [3.63, 3.8) is 0 Å². The number of aromatic nitrogens is 1. The molecule has 1 aromatic heterocycles. The molecule has 4 rings (SSSR count). The molecule has 3 aromatic rings. The molecule has 2 heterocycles. The first-order chi connectivity index (χ1) is 15.8. The van der Waals surface area contributed by atoms with Gasteiger partial charge in [-0.25, -0.2) is 17.1 Å². The molecule has 174 valence electrons. The Bertz CT molecular complexity index is 1280. The van der Waals surface area contributed by atoms with Crippen LogP contribution in [0, 0.1) is 5.82 Å². The van der Waals surface area contributed by atoms with Gasteiger partial charge in [0.15, 0.2) is 0 Å². The van der Waals surface area contributed by atoms with Crippen molar-refractivity contribution < 1.29 is 17.6 Å². The van der Waals surface area contributed by atoms with Crippen LogP contribution in [0.15, 0.2) is 59.5 Å². The zero-order chi connectivity index (χ0) is 23.6. The van der Waals surface area contributed by atoms with Crippen molar-refractivity contribution in [3.8, 4) is 0 Å². The number of halogens is 1. The molecule has 1 N–H and O–H groups in total. The minimum absolute atomic E-state index is 0.0640. The van der Waals surface area contributed by atoms with Crippen molar-refractivity contribution in [2.24, 2.45) is 0 Å². The van der Waals surface area contributed by atoms with Gasteiger partial charge in [-0.2, -0.15) is 0 Å². The number of likely N-dealkylation sites (tertiary alicyclic amines) is 1. The SMILES string of the molecule is CN(C)S(=O)(=O)c1ccccc1NC(=O)C1CCCCN1Cc1ccc2cc(F)ccc2n1. The Morgan fingerprint density at radius 1 is 1.15 bits per heavy atom. The summed E-state index contributed by atoms with van der Waals surface area (Å²) in [5, 5.41) is 3.57. The highest BCUT2D eigenvalue weighted by atomic mass is 32.2. The van der Waals surface area contributed by atoms with Gasteiger partial charge >= 0.3 is 0 Å². The van der Waals surface area contributed by atoms with Crippen LogP contribution in [0.4, 0.5) is 10.1 Å². The normalized spacial score (nSPS) is 17.4. The standard InChI is InChI=1S/C24H27FN4O3S/c1-28(2)33(31,32)23-9-4-3-7-21(23)27-24(30)22-8-5-6-14-29(22)16-19-12-10-17-15-18(25)11-13-20(17)26-19/h3-4,7,9-13,15,22H,5-6,8,14,16H2,1-2H3,(H,27,30). The minimum atomic E-state index is -3.70. The van der Waals surface area contributed by atoms with Gasteiger partial charge in [-0.15, -0.1) is 0 Å². The maximum atomic E-state index is 13.5. The number of piperidine rings is 1. The third-order valence-corrected chi connectivity index (χ3v) is 7.77. The van der Waals surface area contributed by atoms with Crippen molar-refractivity contribution in [2.45, 2.75) is 36.7 Å². The quantitative estimate of drug-likeness (QED) is 0.595. The van der Waals surface area contributed by atoms with Crippen LogP contribution >= 0.6 is 0 Å². The van der Waals surface area contributed by atoms with Gasteiger partial charge in [0.1, 0.15) is 10.7 Å². The molecule has 2 aromatic carbocycles. The van der Waals surface area contributed by atoms with Crippen molar-refractivity contribution in [2.75, 3.05) is 26.0 Å². The highest BCUT2D eigenvalue weighted by molar-refractivity contribution is 7.89. The Morgan fingerprint density at radius 2 is 1.94 bits per heavy atom. The number of rotatable bonds is 6. The van der Waals surface area contributed by atoms with Crippen LogP contribution in [-0.2, 0) is 21.4 Å². The van der Waals surface area contributed by atoms with Crippen molar-refractivity contribution in [1.29, 1.82) is 0 Å². The van der Waals surface area contributed by atoms with Crippen LogP contribution in [-0.4, -0.2) is 55.2 Å². The molecule has 0 aliphatic carbocycles. The molecule has 7 nitrogen and oxygen atoms in total. The number of fused-ring (bicyclic) bond motifs is 1. The summed E-state index contributed by atoms with van der Waals surface area (Å²) in [6, 6.07) is 14.2. The monoisotopic (exact) mass is 470 g/mol. The smallest absolute Gasteiger partial charge is 0.244 e. The van der Waals surface area contributed by atoms with Gasteiger partial charge in [0.05, 0.1) is 22.9 Å². The van der Waals surface area contributed by atoms with E-state index >= 15 is 0 Å². The first kappa shape index (κ1) is 23.3. The van der Waals surface area contributed by atoms with E-state index in [1.54, 1.807) is 24.3 Å². The molecule has 1 aliphatic rings. The van der Waals surface area contributed by atoms with E-state index in [1.165, 1.54) is 32.3 Å². The van der Waals surface area contributed by atoms with Crippen LogP contribution in [0.25, 0.3) is 10.9 Å². The van der Waals surface area contributed by atoms with E-state index < -0.39 is 16.1 Å². The first-order valence-corrected chi connectivity index (χ1v) is 12.3. The average molecular weight is 471 g/mol. The Labute approximate surface area is 193 Å². The van der Waals surface area contributed by atoms with Crippen molar-refractivity contribution >= 4 is 32.5 Å². The molecule has 1 atom stereocenters. The maximum Gasteiger partial charge on any atom is 0.244 e. The van der Waals surface area contributed by atoms with E-state index in [2.05, 4.69) is 15.2 Å². The number of nitrogens with one attached hydrogen (secondary N) is 1. The third-order valence-electron chi connectivity index (χ3n) is 5.89. The van der Waals surface area contributed by atoms with Gasteiger partial charge in [-0.05, 0) is 55.8 Å². The molecule has 33 heavy (non-hydrogen) atoms. The van der Waals surface area contributed by atoms with Gasteiger partial charge in [0.25, 0.3) is 0 Å². The molecule has 0 radical (unpaired) electrons. The first-order valence-electron chi connectivity index (χ1n) is 10.9. The summed E-state index contributed by atoms with van der Waals surface area (Å²) in [7, 11) is -0.781. The van der Waals surface area contributed by atoms with Gasteiger partial charge in [-0.1, -0.05) is 24.6 Å². The topological polar surface area (TPSA) is 82.6 Å². The lowest BCUT2D eigenvalue weighted by Gasteiger charge is -2.34.